The molecule has 12 rings (SSSR count). The van der Waals surface area contributed by atoms with Crippen molar-refractivity contribution in [3.63, 3.8) is 0 Å². The molecular weight excluding hydrogens is 661 g/mol. The average molecular weight is 704 g/mol. The molecule has 0 N–H and O–H groups in total. The van der Waals surface area contributed by atoms with E-state index in [0.29, 0.717) is 41.9 Å². The maximum absolute atomic E-state index is 7.16. The Bertz CT molecular complexity index is 2460. The van der Waals surface area contributed by atoms with Gasteiger partial charge >= 0.3 is 0 Å². The van der Waals surface area contributed by atoms with Crippen LogP contribution in [0.3, 0.4) is 0 Å². The molecule has 0 saturated carbocycles. The molecule has 3 fully saturated rings. The van der Waals surface area contributed by atoms with Gasteiger partial charge in [0.15, 0.2) is 29.7 Å². The number of ether oxygens (including phenoxy) is 3. The van der Waals surface area contributed by atoms with E-state index in [1.807, 2.05) is 24.3 Å². The zero-order valence-electron chi connectivity index (χ0n) is 31.1. The van der Waals surface area contributed by atoms with Crippen molar-refractivity contribution >= 4 is 23.8 Å². The molecule has 8 aliphatic rings. The van der Waals surface area contributed by atoms with Gasteiger partial charge in [-0.15, -0.1) is 0 Å². The van der Waals surface area contributed by atoms with Crippen LogP contribution in [-0.4, -0.2) is 6.71 Å². The molecule has 54 heavy (non-hydrogen) atoms. The lowest BCUT2D eigenvalue weighted by Crippen LogP contribution is -2.61. The monoisotopic (exact) mass is 703 g/mol. The molecule has 0 radical (unpaired) electrons. The molecular formula is C49H42BNO3. The number of rotatable bonds is 3. The molecule has 264 valence electrons. The largest absolute Gasteiger partial charge is 0.457 e. The third-order valence-electron chi connectivity index (χ3n) is 14.5. The molecule has 3 aliphatic carbocycles. The lowest BCUT2D eigenvalue weighted by atomic mass is 9.11. The highest BCUT2D eigenvalue weighted by Crippen LogP contribution is 2.74. The van der Waals surface area contributed by atoms with Crippen LogP contribution in [0, 0.1) is 28.6 Å². The van der Waals surface area contributed by atoms with E-state index in [-0.39, 0.29) is 10.8 Å². The van der Waals surface area contributed by atoms with Crippen molar-refractivity contribution in [3.8, 4) is 39.9 Å². The van der Waals surface area contributed by atoms with E-state index in [2.05, 4.69) is 142 Å². The Morgan fingerprint density at radius 2 is 1.39 bits per heavy atom. The first-order valence-corrected chi connectivity index (χ1v) is 19.8. The van der Waals surface area contributed by atoms with Gasteiger partial charge in [-0.25, -0.2) is 0 Å². The van der Waals surface area contributed by atoms with Crippen molar-refractivity contribution in [2.24, 2.45) is 28.6 Å². The second kappa shape index (κ2) is 10.6. The van der Waals surface area contributed by atoms with Gasteiger partial charge in [-0.3, -0.25) is 4.90 Å². The third-order valence-corrected chi connectivity index (χ3v) is 14.5. The lowest BCUT2D eigenvalue weighted by Gasteiger charge is -2.66. The maximum atomic E-state index is 7.16. The van der Waals surface area contributed by atoms with Crippen LogP contribution in [0.1, 0.15) is 34.1 Å². The first kappa shape index (κ1) is 31.0. The number of para-hydroxylation sites is 5. The number of nitrogens with zero attached hydrogens (tertiary/aromatic N) is 1. The predicted octanol–water partition coefficient (Wildman–Crippen LogP) is 13.2. The van der Waals surface area contributed by atoms with E-state index in [1.165, 1.54) is 6.42 Å². The van der Waals surface area contributed by atoms with Gasteiger partial charge < -0.3 is 14.2 Å². The van der Waals surface area contributed by atoms with Crippen molar-refractivity contribution in [1.29, 1.82) is 0 Å². The van der Waals surface area contributed by atoms with Gasteiger partial charge in [-0.05, 0) is 107 Å². The van der Waals surface area contributed by atoms with Crippen LogP contribution in [0.2, 0.25) is 17.5 Å². The highest BCUT2D eigenvalue weighted by atomic mass is 16.5. The molecule has 0 amide bonds. The van der Waals surface area contributed by atoms with Gasteiger partial charge in [0.05, 0.1) is 11.4 Å². The maximum Gasteiger partial charge on any atom is 0.165 e. The van der Waals surface area contributed by atoms with Crippen LogP contribution >= 0.6 is 0 Å². The number of hydrogen-bond acceptors (Lipinski definition) is 4. The second-order valence-corrected chi connectivity index (χ2v) is 17.7. The fourth-order valence-electron chi connectivity index (χ4n) is 12.2. The molecule has 0 spiro atoms. The summed E-state index contributed by atoms with van der Waals surface area (Å²) >= 11 is 0. The van der Waals surface area contributed by atoms with Gasteiger partial charge in [-0.1, -0.05) is 123 Å². The van der Waals surface area contributed by atoms with Crippen LogP contribution < -0.4 is 19.1 Å². The quantitative estimate of drug-likeness (QED) is 0.172. The Labute approximate surface area is 317 Å². The SMILES string of the molecule is CC1(C)C2=CC=CC3CC4=CC=CC5C4B(C23)C2C1=CC(Oc1ccccc1-c1cc3c4c(c1)Oc1ccccc1N4c1ccccc1O3)=CC2C5(C)C. The molecule has 6 atom stereocenters. The van der Waals surface area contributed by atoms with E-state index in [0.717, 1.165) is 62.7 Å². The summed E-state index contributed by atoms with van der Waals surface area (Å²) in [5, 5.41) is 0. The normalized spacial score (nSPS) is 28.7. The highest BCUT2D eigenvalue weighted by Gasteiger charge is 2.66. The first-order valence-electron chi connectivity index (χ1n) is 19.8. The lowest BCUT2D eigenvalue weighted by molar-refractivity contribution is 0.134. The molecule has 0 aromatic heterocycles. The standard InChI is InChI=1S/C49H42BNO3/c1-48(2)33-16-11-13-28-23-29-14-12-17-34-45(29)50(44(28)33)46-35(48)26-31(27-36(46)49(34,3)4)52-39-20-8-5-15-32(39)30-24-42-47-43(25-30)54-41-22-10-7-19-38(41)51(47)37-18-6-9-21-40(37)53-42/h5-22,24-28,34,36,44-46H,23H2,1-4H3. The third kappa shape index (κ3) is 4.00. The zero-order valence-corrected chi connectivity index (χ0v) is 31.1. The number of hydrogen-bond donors (Lipinski definition) is 0. The van der Waals surface area contributed by atoms with E-state index in [9.17, 15) is 0 Å². The van der Waals surface area contributed by atoms with E-state index in [1.54, 1.807) is 16.7 Å². The second-order valence-electron chi connectivity index (χ2n) is 17.7. The predicted molar refractivity (Wildman–Crippen MR) is 218 cm³/mol. The van der Waals surface area contributed by atoms with Crippen LogP contribution in [0.4, 0.5) is 17.1 Å². The molecule has 0 bridgehead atoms. The van der Waals surface area contributed by atoms with Crippen LogP contribution in [0.5, 0.6) is 28.7 Å². The van der Waals surface area contributed by atoms with Crippen molar-refractivity contribution in [2.75, 3.05) is 4.90 Å². The van der Waals surface area contributed by atoms with Crippen molar-refractivity contribution in [1.82, 2.24) is 0 Å². The summed E-state index contributed by atoms with van der Waals surface area (Å²) in [7, 11) is 0. The van der Waals surface area contributed by atoms with Crippen molar-refractivity contribution in [2.45, 2.75) is 51.6 Å². The first-order chi connectivity index (χ1) is 26.3. The molecule has 4 aromatic carbocycles. The Kier molecular flexibility index (Phi) is 6.10. The number of anilines is 3. The van der Waals surface area contributed by atoms with E-state index >= 15 is 0 Å². The van der Waals surface area contributed by atoms with Gasteiger partial charge in [-0.2, -0.15) is 0 Å². The van der Waals surface area contributed by atoms with E-state index in [4.69, 9.17) is 14.2 Å². The minimum Gasteiger partial charge on any atom is -0.457 e. The topological polar surface area (TPSA) is 30.9 Å². The van der Waals surface area contributed by atoms with E-state index < -0.39 is 0 Å². The zero-order chi connectivity index (χ0) is 36.1. The van der Waals surface area contributed by atoms with Crippen LogP contribution in [0.15, 0.2) is 156 Å². The molecule has 5 aliphatic heterocycles. The Morgan fingerprint density at radius 1 is 0.704 bits per heavy atom. The minimum atomic E-state index is -0.0571. The summed E-state index contributed by atoms with van der Waals surface area (Å²) in [6, 6.07) is 29.2. The average Bonchev–Trinajstić information content (AvgIpc) is 3.18. The van der Waals surface area contributed by atoms with Gasteiger partial charge in [0.2, 0.25) is 0 Å². The van der Waals surface area contributed by atoms with Crippen LogP contribution in [0.25, 0.3) is 11.1 Å². The molecule has 4 aromatic rings. The molecule has 4 nitrogen and oxygen atoms in total. The molecule has 5 heteroatoms. The summed E-state index contributed by atoms with van der Waals surface area (Å²) in [4.78, 5) is 2.27. The highest BCUT2D eigenvalue weighted by molar-refractivity contribution is 6.67. The smallest absolute Gasteiger partial charge is 0.165 e. The summed E-state index contributed by atoms with van der Waals surface area (Å²) in [5.74, 6) is 8.09. The summed E-state index contributed by atoms with van der Waals surface area (Å²) in [6.07, 6.45) is 20.8. The Hall–Kier alpha value is -5.42. The van der Waals surface area contributed by atoms with Gasteiger partial charge in [0.1, 0.15) is 17.2 Å². The molecule has 5 heterocycles. The summed E-state index contributed by atoms with van der Waals surface area (Å²) in [5.41, 5.74) is 9.77. The molecule has 3 saturated heterocycles. The molecule has 6 unspecified atom stereocenters. The minimum absolute atomic E-state index is 0.0571. The summed E-state index contributed by atoms with van der Waals surface area (Å²) in [6.45, 7) is 10.6. The number of allylic oxidation sites excluding steroid dienone is 11. The van der Waals surface area contributed by atoms with Crippen molar-refractivity contribution in [3.05, 3.63) is 156 Å². The number of fused-ring (bicyclic) bond motifs is 4. The van der Waals surface area contributed by atoms with Gasteiger partial charge in [0, 0.05) is 11.0 Å². The van der Waals surface area contributed by atoms with Crippen molar-refractivity contribution < 1.29 is 14.2 Å². The Balaban J connectivity index is 0.977. The summed E-state index contributed by atoms with van der Waals surface area (Å²) < 4.78 is 20.4. The van der Waals surface area contributed by atoms with Crippen LogP contribution in [-0.2, 0) is 0 Å². The fraction of sp³-hybridized carbons (Fsp3) is 0.265. The number of benzene rings is 4. The Morgan fingerprint density at radius 3 is 2.15 bits per heavy atom. The fourth-order valence-corrected chi connectivity index (χ4v) is 12.2. The van der Waals surface area contributed by atoms with Gasteiger partial charge in [0.25, 0.3) is 0 Å².